The molecule has 4 heterocycles. The summed E-state index contributed by atoms with van der Waals surface area (Å²) in [4.78, 5) is 32.3. The number of nitrogens with zero attached hydrogens (tertiary/aromatic N) is 5. The standard InChI is InChI=1S/C23H21F3N6O/c1-13-3-5-16(20(30-13)21-27-7-2-8-28-21)22(33)32-12-14-9-17(18(32)10-14)31-19-6-4-15(11-29-19)23(24,25)26/h2-8,11,14,17-18H,9-10,12H2,1H3,(H,29,31)/t14-,17-,18+/m1/s1. The smallest absolute Gasteiger partial charge is 0.365 e. The zero-order valence-electron chi connectivity index (χ0n) is 17.8. The van der Waals surface area contributed by atoms with Crippen LogP contribution in [0.2, 0.25) is 0 Å². The quantitative estimate of drug-likeness (QED) is 0.642. The van der Waals surface area contributed by atoms with Crippen molar-refractivity contribution in [2.24, 2.45) is 5.92 Å². The Labute approximate surface area is 188 Å². The minimum atomic E-state index is -4.43. The van der Waals surface area contributed by atoms with Crippen LogP contribution in [0, 0.1) is 12.8 Å². The van der Waals surface area contributed by atoms with E-state index in [2.05, 4.69) is 25.3 Å². The van der Waals surface area contributed by atoms with E-state index in [-0.39, 0.29) is 18.0 Å². The first-order valence-electron chi connectivity index (χ1n) is 10.7. The molecule has 3 aromatic heterocycles. The Kier molecular flexibility index (Phi) is 5.22. The van der Waals surface area contributed by atoms with Crippen molar-refractivity contribution in [1.82, 2.24) is 24.8 Å². The molecule has 170 valence electrons. The Morgan fingerprint density at radius 3 is 2.55 bits per heavy atom. The molecule has 1 saturated carbocycles. The monoisotopic (exact) mass is 454 g/mol. The van der Waals surface area contributed by atoms with Crippen LogP contribution in [0.25, 0.3) is 11.5 Å². The molecule has 1 aliphatic heterocycles. The predicted molar refractivity (Wildman–Crippen MR) is 114 cm³/mol. The van der Waals surface area contributed by atoms with Crippen molar-refractivity contribution in [3.05, 3.63) is 65.7 Å². The number of amides is 1. The summed E-state index contributed by atoms with van der Waals surface area (Å²) >= 11 is 0. The first-order valence-corrected chi connectivity index (χ1v) is 10.7. The van der Waals surface area contributed by atoms with E-state index in [0.717, 1.165) is 30.8 Å². The van der Waals surface area contributed by atoms with Gasteiger partial charge in [0.25, 0.3) is 5.91 Å². The fourth-order valence-electron chi connectivity index (χ4n) is 4.73. The molecule has 1 aliphatic carbocycles. The average Bonchev–Trinajstić information content (AvgIpc) is 3.40. The van der Waals surface area contributed by atoms with Crippen LogP contribution in [0.4, 0.5) is 19.0 Å². The van der Waals surface area contributed by atoms with E-state index in [0.29, 0.717) is 35.4 Å². The Morgan fingerprint density at radius 1 is 1.09 bits per heavy atom. The number of piperidine rings is 1. The lowest BCUT2D eigenvalue weighted by Gasteiger charge is -2.34. The fraction of sp³-hybridized carbons (Fsp3) is 0.348. The topological polar surface area (TPSA) is 83.9 Å². The molecule has 33 heavy (non-hydrogen) atoms. The molecule has 1 saturated heterocycles. The van der Waals surface area contributed by atoms with E-state index in [1.165, 1.54) is 6.07 Å². The van der Waals surface area contributed by atoms with Crippen LogP contribution in [0.15, 0.2) is 48.9 Å². The highest BCUT2D eigenvalue weighted by Crippen LogP contribution is 2.40. The Morgan fingerprint density at radius 2 is 1.88 bits per heavy atom. The third-order valence-electron chi connectivity index (χ3n) is 6.21. The zero-order valence-corrected chi connectivity index (χ0v) is 17.8. The maximum Gasteiger partial charge on any atom is 0.417 e. The van der Waals surface area contributed by atoms with Crippen molar-refractivity contribution >= 4 is 11.7 Å². The molecule has 2 bridgehead atoms. The van der Waals surface area contributed by atoms with Gasteiger partial charge in [0, 0.05) is 36.9 Å². The van der Waals surface area contributed by atoms with Crippen LogP contribution in [-0.2, 0) is 6.18 Å². The van der Waals surface area contributed by atoms with Gasteiger partial charge in [-0.05, 0) is 56.0 Å². The van der Waals surface area contributed by atoms with Crippen LogP contribution in [-0.4, -0.2) is 49.4 Å². The molecular weight excluding hydrogens is 433 g/mol. The summed E-state index contributed by atoms with van der Waals surface area (Å²) in [5.74, 6) is 0.922. The number of aromatic nitrogens is 4. The summed E-state index contributed by atoms with van der Waals surface area (Å²) in [5.41, 5.74) is 0.841. The van der Waals surface area contributed by atoms with Gasteiger partial charge in [0.05, 0.1) is 17.2 Å². The largest absolute Gasteiger partial charge is 0.417 e. The lowest BCUT2D eigenvalue weighted by Crippen LogP contribution is -2.48. The molecule has 1 amide bonds. The average molecular weight is 454 g/mol. The van der Waals surface area contributed by atoms with Crippen LogP contribution in [0.5, 0.6) is 0 Å². The number of carbonyl (C=O) groups is 1. The molecule has 10 heteroatoms. The number of halogens is 3. The second-order valence-corrected chi connectivity index (χ2v) is 8.46. The predicted octanol–water partition coefficient (Wildman–Crippen LogP) is 3.98. The molecule has 0 unspecified atom stereocenters. The van der Waals surface area contributed by atoms with Gasteiger partial charge in [-0.2, -0.15) is 13.2 Å². The van der Waals surface area contributed by atoms with Crippen molar-refractivity contribution in [1.29, 1.82) is 0 Å². The summed E-state index contributed by atoms with van der Waals surface area (Å²) in [5, 5.41) is 3.23. The normalized spacial score (nSPS) is 21.9. The summed E-state index contributed by atoms with van der Waals surface area (Å²) < 4.78 is 38.4. The summed E-state index contributed by atoms with van der Waals surface area (Å²) in [6.45, 7) is 2.47. The number of hydrogen-bond acceptors (Lipinski definition) is 6. The van der Waals surface area contributed by atoms with E-state index >= 15 is 0 Å². The first kappa shape index (κ1) is 21.3. The van der Waals surface area contributed by atoms with Gasteiger partial charge < -0.3 is 10.2 Å². The molecular formula is C23H21F3N6O. The highest BCUT2D eigenvalue weighted by Gasteiger charge is 2.47. The van der Waals surface area contributed by atoms with Crippen molar-refractivity contribution in [2.75, 3.05) is 11.9 Å². The molecule has 0 spiro atoms. The summed E-state index contributed by atoms with van der Waals surface area (Å²) in [6.07, 6.45) is 1.27. The number of fused-ring (bicyclic) bond motifs is 2. The van der Waals surface area contributed by atoms with Gasteiger partial charge in [-0.1, -0.05) is 0 Å². The molecule has 2 aliphatic rings. The van der Waals surface area contributed by atoms with Gasteiger partial charge in [-0.25, -0.2) is 19.9 Å². The summed E-state index contributed by atoms with van der Waals surface area (Å²) in [6, 6.07) is 7.40. The Bertz CT molecular complexity index is 1170. The number of aryl methyl sites for hydroxylation is 1. The number of rotatable bonds is 4. The van der Waals surface area contributed by atoms with E-state index in [9.17, 15) is 18.0 Å². The number of hydrogen-bond donors (Lipinski definition) is 1. The molecule has 5 rings (SSSR count). The minimum Gasteiger partial charge on any atom is -0.365 e. The third-order valence-corrected chi connectivity index (χ3v) is 6.21. The molecule has 7 nitrogen and oxygen atoms in total. The van der Waals surface area contributed by atoms with Crippen LogP contribution >= 0.6 is 0 Å². The van der Waals surface area contributed by atoms with Gasteiger partial charge >= 0.3 is 6.18 Å². The first-order chi connectivity index (χ1) is 15.8. The van der Waals surface area contributed by atoms with E-state index in [4.69, 9.17) is 0 Å². The SMILES string of the molecule is Cc1ccc(C(=O)N2C[C@@H]3C[C@@H](Nc4ccc(C(F)(F)F)cn4)[C@@H]2C3)c(-c2ncccn2)n1. The van der Waals surface area contributed by atoms with E-state index in [1.807, 2.05) is 11.8 Å². The van der Waals surface area contributed by atoms with Crippen LogP contribution < -0.4 is 5.32 Å². The maximum absolute atomic E-state index is 13.6. The van der Waals surface area contributed by atoms with Gasteiger partial charge in [0.2, 0.25) is 0 Å². The molecule has 0 radical (unpaired) electrons. The molecule has 1 N–H and O–H groups in total. The van der Waals surface area contributed by atoms with Crippen molar-refractivity contribution in [3.63, 3.8) is 0 Å². The second-order valence-electron chi connectivity index (χ2n) is 8.46. The van der Waals surface area contributed by atoms with Gasteiger partial charge in [-0.15, -0.1) is 0 Å². The number of carbonyl (C=O) groups excluding carboxylic acids is 1. The lowest BCUT2D eigenvalue weighted by molar-refractivity contribution is -0.137. The highest BCUT2D eigenvalue weighted by molar-refractivity contribution is 5.99. The molecule has 0 aromatic carbocycles. The number of anilines is 1. The lowest BCUT2D eigenvalue weighted by atomic mass is 10.0. The van der Waals surface area contributed by atoms with Crippen molar-refractivity contribution in [2.45, 2.75) is 38.0 Å². The number of pyridine rings is 2. The van der Waals surface area contributed by atoms with Gasteiger partial charge in [-0.3, -0.25) is 4.79 Å². The maximum atomic E-state index is 13.6. The van der Waals surface area contributed by atoms with Crippen molar-refractivity contribution in [3.8, 4) is 11.5 Å². The minimum absolute atomic E-state index is 0.0857. The van der Waals surface area contributed by atoms with E-state index in [1.54, 1.807) is 30.6 Å². The third kappa shape index (κ3) is 4.12. The zero-order chi connectivity index (χ0) is 23.2. The number of likely N-dealkylation sites (tertiary alicyclic amines) is 1. The fourth-order valence-corrected chi connectivity index (χ4v) is 4.73. The van der Waals surface area contributed by atoms with Crippen LogP contribution in [0.3, 0.4) is 0 Å². The highest BCUT2D eigenvalue weighted by atomic mass is 19.4. The van der Waals surface area contributed by atoms with Crippen LogP contribution in [0.1, 0.15) is 34.5 Å². The van der Waals surface area contributed by atoms with Gasteiger partial charge in [0.1, 0.15) is 11.5 Å². The van der Waals surface area contributed by atoms with Gasteiger partial charge in [0.15, 0.2) is 5.82 Å². The van der Waals surface area contributed by atoms with Crippen molar-refractivity contribution < 1.29 is 18.0 Å². The van der Waals surface area contributed by atoms with E-state index < -0.39 is 11.7 Å². The Hall–Kier alpha value is -3.56. The number of nitrogens with one attached hydrogen (secondary N) is 1. The Balaban J connectivity index is 1.37. The summed E-state index contributed by atoms with van der Waals surface area (Å²) in [7, 11) is 0. The number of alkyl halides is 3. The molecule has 3 atom stereocenters. The molecule has 3 aromatic rings. The second kappa shape index (κ2) is 8.09. The molecule has 2 fully saturated rings.